The molecular weight excluding hydrogens is 493 g/mol. The molecule has 0 aliphatic carbocycles. The summed E-state index contributed by atoms with van der Waals surface area (Å²) in [5, 5.41) is 6.49. The minimum Gasteiger partial charge on any atom is -0.356 e. The molecule has 1 aromatic heterocycles. The van der Waals surface area contributed by atoms with Gasteiger partial charge in [0.05, 0.1) is 11.5 Å². The van der Waals surface area contributed by atoms with Crippen LogP contribution in [-0.4, -0.2) is 93.1 Å². The average Bonchev–Trinajstić information content (AvgIpc) is 3.03. The molecular formula is C17H30IN7O2S. The molecule has 3 rings (SSSR count). The fourth-order valence-corrected chi connectivity index (χ4v) is 5.11. The molecule has 0 aromatic carbocycles. The standard InChI is InChI=1S/C17H29N7O2S.HI/c1-18-16(22-15-4-13-27(25,26)14-15)19-7-3-8-23-9-11-24(12-10-23)17-20-5-2-6-21-17;/h2,5-6,15H,3-4,7-14H2,1H3,(H2,18,19,22);1H. The molecule has 0 bridgehead atoms. The number of halogens is 1. The predicted octanol–water partition coefficient (Wildman–Crippen LogP) is -0.0412. The number of hydrogen-bond acceptors (Lipinski definition) is 7. The van der Waals surface area contributed by atoms with Gasteiger partial charge in [-0.2, -0.15) is 0 Å². The van der Waals surface area contributed by atoms with Gasteiger partial charge in [0.1, 0.15) is 0 Å². The lowest BCUT2D eigenvalue weighted by Gasteiger charge is -2.34. The highest BCUT2D eigenvalue weighted by atomic mass is 127. The van der Waals surface area contributed by atoms with E-state index < -0.39 is 9.84 Å². The van der Waals surface area contributed by atoms with Gasteiger partial charge in [-0.1, -0.05) is 0 Å². The molecule has 158 valence electrons. The average molecular weight is 523 g/mol. The lowest BCUT2D eigenvalue weighted by atomic mass is 10.3. The second kappa shape index (κ2) is 11.1. The fourth-order valence-electron chi connectivity index (χ4n) is 3.43. The maximum absolute atomic E-state index is 11.5. The zero-order valence-corrected chi connectivity index (χ0v) is 19.4. The van der Waals surface area contributed by atoms with Crippen LogP contribution in [0.4, 0.5) is 5.95 Å². The van der Waals surface area contributed by atoms with Crippen molar-refractivity contribution in [3.05, 3.63) is 18.5 Å². The molecule has 1 unspecified atom stereocenters. The van der Waals surface area contributed by atoms with Crippen LogP contribution < -0.4 is 15.5 Å². The summed E-state index contributed by atoms with van der Waals surface area (Å²) in [7, 11) is -1.17. The molecule has 2 saturated heterocycles. The Hall–Kier alpha value is -1.21. The van der Waals surface area contributed by atoms with Gasteiger partial charge < -0.3 is 15.5 Å². The minimum atomic E-state index is -2.88. The molecule has 28 heavy (non-hydrogen) atoms. The molecule has 3 heterocycles. The van der Waals surface area contributed by atoms with Crippen LogP contribution in [0.25, 0.3) is 0 Å². The molecule has 1 atom stereocenters. The summed E-state index contributed by atoms with van der Waals surface area (Å²) in [6, 6.07) is 1.80. The number of rotatable bonds is 6. The van der Waals surface area contributed by atoms with Gasteiger partial charge in [-0.25, -0.2) is 18.4 Å². The Labute approximate surface area is 184 Å². The third-order valence-corrected chi connectivity index (χ3v) is 6.72. The van der Waals surface area contributed by atoms with E-state index in [2.05, 4.69) is 35.4 Å². The topological polar surface area (TPSA) is 103 Å². The second-order valence-electron chi connectivity index (χ2n) is 6.97. The highest BCUT2D eigenvalue weighted by Gasteiger charge is 2.28. The van der Waals surface area contributed by atoms with Crippen LogP contribution in [0.15, 0.2) is 23.5 Å². The van der Waals surface area contributed by atoms with Gasteiger partial charge in [-0.15, -0.1) is 24.0 Å². The first-order valence-electron chi connectivity index (χ1n) is 9.48. The number of aliphatic imine (C=N–C) groups is 1. The third-order valence-electron chi connectivity index (χ3n) is 4.95. The minimum absolute atomic E-state index is 0. The van der Waals surface area contributed by atoms with E-state index in [0.717, 1.165) is 51.6 Å². The van der Waals surface area contributed by atoms with E-state index in [-0.39, 0.29) is 41.5 Å². The number of sulfone groups is 1. The highest BCUT2D eigenvalue weighted by Crippen LogP contribution is 2.11. The van der Waals surface area contributed by atoms with Crippen molar-refractivity contribution in [3.63, 3.8) is 0 Å². The van der Waals surface area contributed by atoms with Crippen LogP contribution in [0.1, 0.15) is 12.8 Å². The van der Waals surface area contributed by atoms with Gasteiger partial charge in [-0.3, -0.25) is 9.89 Å². The molecule has 0 radical (unpaired) electrons. The van der Waals surface area contributed by atoms with Crippen molar-refractivity contribution >= 4 is 45.7 Å². The lowest BCUT2D eigenvalue weighted by Crippen LogP contribution is -2.48. The number of aromatic nitrogens is 2. The summed E-state index contributed by atoms with van der Waals surface area (Å²) >= 11 is 0. The second-order valence-corrected chi connectivity index (χ2v) is 9.20. The lowest BCUT2D eigenvalue weighted by molar-refractivity contribution is 0.254. The number of nitrogens with one attached hydrogen (secondary N) is 2. The molecule has 2 aliphatic heterocycles. The van der Waals surface area contributed by atoms with Crippen molar-refractivity contribution in [2.24, 2.45) is 4.99 Å². The molecule has 0 spiro atoms. The zero-order chi connectivity index (χ0) is 19.1. The number of nitrogens with zero attached hydrogens (tertiary/aromatic N) is 5. The molecule has 1 aromatic rings. The van der Waals surface area contributed by atoms with E-state index in [0.29, 0.717) is 12.4 Å². The van der Waals surface area contributed by atoms with Gasteiger partial charge in [0.15, 0.2) is 15.8 Å². The number of hydrogen-bond donors (Lipinski definition) is 2. The number of guanidine groups is 1. The van der Waals surface area contributed by atoms with Gasteiger partial charge in [-0.05, 0) is 25.5 Å². The van der Waals surface area contributed by atoms with Gasteiger partial charge in [0.25, 0.3) is 0 Å². The third kappa shape index (κ3) is 6.99. The summed E-state index contributed by atoms with van der Waals surface area (Å²) in [5.41, 5.74) is 0. The van der Waals surface area contributed by atoms with E-state index in [9.17, 15) is 8.42 Å². The summed E-state index contributed by atoms with van der Waals surface area (Å²) in [6.07, 6.45) is 5.22. The number of anilines is 1. The molecule has 0 amide bonds. The Morgan fingerprint density at radius 1 is 1.25 bits per heavy atom. The van der Waals surface area contributed by atoms with Crippen LogP contribution in [0.5, 0.6) is 0 Å². The van der Waals surface area contributed by atoms with Crippen molar-refractivity contribution in [2.75, 3.05) is 62.7 Å². The molecule has 11 heteroatoms. The molecule has 2 fully saturated rings. The SMILES string of the molecule is CN=C(NCCCN1CCN(c2ncccn2)CC1)NC1CCS(=O)(=O)C1.I. The van der Waals surface area contributed by atoms with Crippen molar-refractivity contribution in [3.8, 4) is 0 Å². The van der Waals surface area contributed by atoms with Crippen LogP contribution in [0, 0.1) is 0 Å². The van der Waals surface area contributed by atoms with E-state index in [1.165, 1.54) is 0 Å². The first kappa shape index (κ1) is 23.1. The summed E-state index contributed by atoms with van der Waals surface area (Å²) in [6.45, 7) is 5.72. The first-order valence-corrected chi connectivity index (χ1v) is 11.3. The number of piperazine rings is 1. The Bertz CT molecular complexity index is 724. The largest absolute Gasteiger partial charge is 0.356 e. The summed E-state index contributed by atoms with van der Waals surface area (Å²) in [4.78, 5) is 17.5. The first-order chi connectivity index (χ1) is 13.1. The van der Waals surface area contributed by atoms with Crippen LogP contribution in [0.2, 0.25) is 0 Å². The Morgan fingerprint density at radius 2 is 1.96 bits per heavy atom. The Morgan fingerprint density at radius 3 is 2.57 bits per heavy atom. The van der Waals surface area contributed by atoms with Crippen molar-refractivity contribution < 1.29 is 8.42 Å². The maximum atomic E-state index is 11.5. The van der Waals surface area contributed by atoms with E-state index in [1.807, 2.05) is 6.07 Å². The molecule has 0 saturated carbocycles. The highest BCUT2D eigenvalue weighted by molar-refractivity contribution is 14.0. The van der Waals surface area contributed by atoms with Gasteiger partial charge in [0, 0.05) is 58.2 Å². The summed E-state index contributed by atoms with van der Waals surface area (Å²) < 4.78 is 23.1. The van der Waals surface area contributed by atoms with Gasteiger partial charge in [0.2, 0.25) is 5.95 Å². The quantitative estimate of drug-likeness (QED) is 0.232. The van der Waals surface area contributed by atoms with Crippen LogP contribution in [-0.2, 0) is 9.84 Å². The monoisotopic (exact) mass is 523 g/mol. The van der Waals surface area contributed by atoms with Crippen molar-refractivity contribution in [1.82, 2.24) is 25.5 Å². The molecule has 2 aliphatic rings. The van der Waals surface area contributed by atoms with E-state index in [4.69, 9.17) is 0 Å². The van der Waals surface area contributed by atoms with Crippen LogP contribution >= 0.6 is 24.0 Å². The molecule has 2 N–H and O–H groups in total. The maximum Gasteiger partial charge on any atom is 0.225 e. The van der Waals surface area contributed by atoms with Crippen molar-refractivity contribution in [2.45, 2.75) is 18.9 Å². The summed E-state index contributed by atoms with van der Waals surface area (Å²) in [5.74, 6) is 1.95. The smallest absolute Gasteiger partial charge is 0.225 e. The molecule has 9 nitrogen and oxygen atoms in total. The Kier molecular flexibility index (Phi) is 9.15. The van der Waals surface area contributed by atoms with E-state index in [1.54, 1.807) is 19.4 Å². The van der Waals surface area contributed by atoms with Crippen molar-refractivity contribution in [1.29, 1.82) is 0 Å². The van der Waals surface area contributed by atoms with E-state index >= 15 is 0 Å². The van der Waals surface area contributed by atoms with Crippen LogP contribution in [0.3, 0.4) is 0 Å². The zero-order valence-electron chi connectivity index (χ0n) is 16.2. The fraction of sp³-hybridized carbons (Fsp3) is 0.706. The predicted molar refractivity (Wildman–Crippen MR) is 122 cm³/mol. The Balaban J connectivity index is 0.00000280. The normalized spacial score (nSPS) is 22.5. The van der Waals surface area contributed by atoms with Gasteiger partial charge >= 0.3 is 0 Å².